The highest BCUT2D eigenvalue weighted by Crippen LogP contribution is 2.17. The number of nitro benzene ring substituents is 1. The Morgan fingerprint density at radius 3 is 3.15 bits per heavy atom. The van der Waals surface area contributed by atoms with Crippen LogP contribution in [-0.2, 0) is 0 Å². The van der Waals surface area contributed by atoms with E-state index in [4.69, 9.17) is 6.42 Å². The second-order valence-electron chi connectivity index (χ2n) is 3.84. The molecule has 0 amide bonds. The lowest BCUT2D eigenvalue weighted by atomic mass is 10.2. The first-order valence-corrected chi connectivity index (χ1v) is 6.86. The van der Waals surface area contributed by atoms with E-state index in [0.717, 1.165) is 5.17 Å². The number of hydrazone groups is 1. The summed E-state index contributed by atoms with van der Waals surface area (Å²) in [6, 6.07) is 6.47. The van der Waals surface area contributed by atoms with Crippen molar-refractivity contribution in [3.63, 3.8) is 0 Å². The van der Waals surface area contributed by atoms with Crippen LogP contribution in [0.3, 0.4) is 0 Å². The largest absolute Gasteiger partial charge is 0.278 e. The van der Waals surface area contributed by atoms with Gasteiger partial charge in [-0.1, -0.05) is 29.8 Å². The third-order valence-electron chi connectivity index (χ3n) is 2.53. The molecular formula is C13H12N4O2S. The fourth-order valence-electron chi connectivity index (χ4n) is 1.65. The molecule has 0 radical (unpaired) electrons. The lowest BCUT2D eigenvalue weighted by Crippen LogP contribution is -2.19. The number of benzene rings is 1. The quantitative estimate of drug-likeness (QED) is 0.367. The van der Waals surface area contributed by atoms with E-state index in [1.165, 1.54) is 24.0 Å². The number of amidine groups is 1. The van der Waals surface area contributed by atoms with Crippen LogP contribution in [0, 0.1) is 22.5 Å². The molecule has 1 heterocycles. The van der Waals surface area contributed by atoms with Gasteiger partial charge >= 0.3 is 0 Å². The molecule has 0 aliphatic carbocycles. The van der Waals surface area contributed by atoms with Crippen LogP contribution in [0.15, 0.2) is 34.4 Å². The zero-order valence-corrected chi connectivity index (χ0v) is 11.4. The number of nitrogens with zero attached hydrogens (tertiary/aromatic N) is 4. The fourth-order valence-corrected chi connectivity index (χ4v) is 2.33. The van der Waals surface area contributed by atoms with Crippen molar-refractivity contribution >= 4 is 28.8 Å². The Hall–Kier alpha value is -2.33. The average Bonchev–Trinajstić information content (AvgIpc) is 2.90. The predicted octanol–water partition coefficient (Wildman–Crippen LogP) is 1.97. The van der Waals surface area contributed by atoms with Crippen molar-refractivity contribution in [1.29, 1.82) is 0 Å². The van der Waals surface area contributed by atoms with E-state index >= 15 is 0 Å². The Kier molecular flexibility index (Phi) is 4.74. The molecule has 0 aromatic heterocycles. The molecule has 7 heteroatoms. The number of aliphatic imine (C=N–C) groups is 1. The molecule has 0 fully saturated rings. The summed E-state index contributed by atoms with van der Waals surface area (Å²) in [6.07, 6.45) is 6.69. The highest BCUT2D eigenvalue weighted by Gasteiger charge is 2.16. The van der Waals surface area contributed by atoms with E-state index in [9.17, 15) is 10.1 Å². The number of terminal acetylenes is 1. The average molecular weight is 288 g/mol. The Bertz CT molecular complexity index is 607. The number of hydrogen-bond acceptors (Lipinski definition) is 6. The summed E-state index contributed by atoms with van der Waals surface area (Å²) < 4.78 is 0. The topological polar surface area (TPSA) is 71.1 Å². The van der Waals surface area contributed by atoms with Gasteiger partial charge in [-0.2, -0.15) is 5.10 Å². The fraction of sp³-hybridized carbons (Fsp3) is 0.231. The number of rotatable bonds is 4. The van der Waals surface area contributed by atoms with E-state index in [-0.39, 0.29) is 5.69 Å². The summed E-state index contributed by atoms with van der Waals surface area (Å²) in [7, 11) is 0. The first-order valence-electron chi connectivity index (χ1n) is 5.88. The van der Waals surface area contributed by atoms with Gasteiger partial charge in [0.25, 0.3) is 5.69 Å². The minimum absolute atomic E-state index is 0.0326. The van der Waals surface area contributed by atoms with Crippen molar-refractivity contribution in [3.05, 3.63) is 39.9 Å². The summed E-state index contributed by atoms with van der Waals surface area (Å²) in [5, 5.41) is 17.6. The lowest BCUT2D eigenvalue weighted by molar-refractivity contribution is -0.385. The highest BCUT2D eigenvalue weighted by molar-refractivity contribution is 8.13. The molecule has 0 saturated carbocycles. The molecule has 0 N–H and O–H groups in total. The summed E-state index contributed by atoms with van der Waals surface area (Å²) >= 11 is 1.43. The van der Waals surface area contributed by atoms with Crippen LogP contribution in [-0.4, -0.2) is 40.2 Å². The van der Waals surface area contributed by atoms with Crippen LogP contribution in [0.5, 0.6) is 0 Å². The van der Waals surface area contributed by atoms with Crippen LogP contribution in [0.25, 0.3) is 0 Å². The van der Waals surface area contributed by atoms with Gasteiger partial charge in [0.1, 0.15) is 0 Å². The molecule has 0 saturated heterocycles. The molecule has 1 aliphatic heterocycles. The Morgan fingerprint density at radius 2 is 2.40 bits per heavy atom. The van der Waals surface area contributed by atoms with Crippen LogP contribution >= 0.6 is 11.8 Å². The summed E-state index contributed by atoms with van der Waals surface area (Å²) in [4.78, 5) is 14.8. The maximum absolute atomic E-state index is 10.9. The van der Waals surface area contributed by atoms with Crippen LogP contribution in [0.1, 0.15) is 5.56 Å². The predicted molar refractivity (Wildman–Crippen MR) is 81.0 cm³/mol. The molecule has 1 aromatic carbocycles. The summed E-state index contributed by atoms with van der Waals surface area (Å²) in [5.41, 5.74) is 0.496. The van der Waals surface area contributed by atoms with E-state index in [2.05, 4.69) is 16.0 Å². The minimum atomic E-state index is -0.423. The summed E-state index contributed by atoms with van der Waals surface area (Å²) in [6.45, 7) is 1.31. The molecule has 0 bridgehead atoms. The van der Waals surface area contributed by atoms with Crippen molar-refractivity contribution in [3.8, 4) is 12.3 Å². The smallest absolute Gasteiger partial charge is 0.259 e. The first-order chi connectivity index (χ1) is 9.72. The van der Waals surface area contributed by atoms with Gasteiger partial charge in [0, 0.05) is 6.07 Å². The van der Waals surface area contributed by atoms with E-state index in [0.29, 0.717) is 24.4 Å². The first kappa shape index (κ1) is 14.1. The molecule has 1 aliphatic rings. The van der Waals surface area contributed by atoms with E-state index < -0.39 is 4.92 Å². The van der Waals surface area contributed by atoms with Gasteiger partial charge in [-0.05, 0) is 6.07 Å². The van der Waals surface area contributed by atoms with E-state index in [1.54, 1.807) is 23.2 Å². The second-order valence-corrected chi connectivity index (χ2v) is 4.78. The van der Waals surface area contributed by atoms with Gasteiger partial charge in [-0.25, -0.2) is 5.01 Å². The van der Waals surface area contributed by atoms with Gasteiger partial charge < -0.3 is 0 Å². The monoisotopic (exact) mass is 288 g/mol. The van der Waals surface area contributed by atoms with Crippen molar-refractivity contribution in [2.75, 3.05) is 18.8 Å². The van der Waals surface area contributed by atoms with E-state index in [1.807, 2.05) is 0 Å². The summed E-state index contributed by atoms with van der Waals surface area (Å²) in [5.74, 6) is 3.05. The number of nitro groups is 1. The molecule has 0 unspecified atom stereocenters. The molecule has 1 aromatic rings. The van der Waals surface area contributed by atoms with Gasteiger partial charge in [-0.15, -0.1) is 6.42 Å². The van der Waals surface area contributed by atoms with Crippen LogP contribution in [0.2, 0.25) is 0 Å². The van der Waals surface area contributed by atoms with Gasteiger partial charge in [0.2, 0.25) is 0 Å². The van der Waals surface area contributed by atoms with Gasteiger partial charge in [0.05, 0.1) is 35.5 Å². The van der Waals surface area contributed by atoms with Crippen molar-refractivity contribution in [2.45, 2.75) is 0 Å². The van der Waals surface area contributed by atoms with Crippen molar-refractivity contribution < 1.29 is 4.92 Å². The minimum Gasteiger partial charge on any atom is -0.259 e. The zero-order valence-electron chi connectivity index (χ0n) is 10.6. The number of thioether (sulfide) groups is 1. The Morgan fingerprint density at radius 1 is 1.60 bits per heavy atom. The van der Waals surface area contributed by atoms with Crippen molar-refractivity contribution in [1.82, 2.24) is 5.01 Å². The maximum atomic E-state index is 10.9. The molecule has 102 valence electrons. The standard InChI is InChI=1S/C13H12N4O2S/c1-2-9-20-13-14-7-8-16(13)15-10-11-5-3-4-6-12(11)17(18)19/h1,3-6,10H,7-9H2/b15-10+. The second kappa shape index (κ2) is 6.73. The molecule has 0 atom stereocenters. The Balaban J connectivity index is 2.12. The SMILES string of the molecule is C#CCSC1=NCCN1/N=C/c1ccccc1[N+](=O)[O-]. The highest BCUT2D eigenvalue weighted by atomic mass is 32.2. The molecule has 20 heavy (non-hydrogen) atoms. The third kappa shape index (κ3) is 3.36. The molecular weight excluding hydrogens is 276 g/mol. The number of hydrogen-bond donors (Lipinski definition) is 0. The maximum Gasteiger partial charge on any atom is 0.278 e. The zero-order chi connectivity index (χ0) is 14.4. The van der Waals surface area contributed by atoms with Crippen molar-refractivity contribution in [2.24, 2.45) is 10.1 Å². The number of para-hydroxylation sites is 1. The van der Waals surface area contributed by atoms with Gasteiger partial charge in [-0.3, -0.25) is 15.1 Å². The van der Waals surface area contributed by atoms with Crippen LogP contribution in [0.4, 0.5) is 5.69 Å². The van der Waals surface area contributed by atoms with Crippen LogP contribution < -0.4 is 0 Å². The third-order valence-corrected chi connectivity index (χ3v) is 3.44. The van der Waals surface area contributed by atoms with Gasteiger partial charge in [0.15, 0.2) is 5.17 Å². The molecule has 0 spiro atoms. The molecule has 6 nitrogen and oxygen atoms in total. The Labute approximate surface area is 120 Å². The molecule has 2 rings (SSSR count). The lowest BCUT2D eigenvalue weighted by Gasteiger charge is -2.12. The normalized spacial score (nSPS) is 14.3.